The van der Waals surface area contributed by atoms with Crippen LogP contribution in [0.3, 0.4) is 0 Å². The zero-order valence-electron chi connectivity index (χ0n) is 31.2. The standard InChI is InChI=1S/C36H52N8O5S3/c1-9-20(8)28-35-40-24(16-52-35)30(46)42-27(19(6)7)36(49)44-12-10-11-25(44)32(48)41-26(18(4)5)34-39-22(15-51-34)29(45)37-21(13-17(2)3)33-38-23(14-50-33)31(47)43-28/h15-21,23,25-28H,9-14H2,1-8H3,(H,37,45)(H,41,48)(H,42,46)(H,43,47)/t20-,21-,23-,25-,26-,27-,28+/m0/s1. The average molecular weight is 773 g/mol. The first-order valence-corrected chi connectivity index (χ1v) is 21.1. The van der Waals surface area contributed by atoms with E-state index in [1.165, 1.54) is 34.4 Å². The Hall–Kier alpha value is -3.37. The molecular weight excluding hydrogens is 721 g/mol. The highest BCUT2D eigenvalue weighted by Gasteiger charge is 2.40. The summed E-state index contributed by atoms with van der Waals surface area (Å²) in [5, 5.41) is 17.5. The van der Waals surface area contributed by atoms with Gasteiger partial charge in [0.15, 0.2) is 0 Å². The van der Waals surface area contributed by atoms with E-state index in [0.717, 1.165) is 6.42 Å². The zero-order valence-corrected chi connectivity index (χ0v) is 33.7. The van der Waals surface area contributed by atoms with Crippen molar-refractivity contribution < 1.29 is 24.0 Å². The molecule has 4 N–H and O–H groups in total. The fourth-order valence-electron chi connectivity index (χ4n) is 6.62. The van der Waals surface area contributed by atoms with Gasteiger partial charge in [0, 0.05) is 23.1 Å². The van der Waals surface area contributed by atoms with Crippen molar-refractivity contribution in [2.24, 2.45) is 28.7 Å². The lowest BCUT2D eigenvalue weighted by Gasteiger charge is -2.31. The van der Waals surface area contributed by atoms with E-state index in [4.69, 9.17) is 4.99 Å². The fourth-order valence-corrected chi connectivity index (χ4v) is 9.73. The molecule has 5 rings (SSSR count). The molecule has 13 nitrogen and oxygen atoms in total. The van der Waals surface area contributed by atoms with Crippen molar-refractivity contribution in [1.82, 2.24) is 36.1 Å². The number of aromatic nitrogens is 2. The van der Waals surface area contributed by atoms with Crippen LogP contribution >= 0.6 is 34.4 Å². The molecule has 7 atom stereocenters. The van der Waals surface area contributed by atoms with Crippen molar-refractivity contribution in [3.63, 3.8) is 0 Å². The molecule has 3 aliphatic heterocycles. The van der Waals surface area contributed by atoms with Gasteiger partial charge in [0.1, 0.15) is 39.5 Å². The monoisotopic (exact) mass is 772 g/mol. The van der Waals surface area contributed by atoms with E-state index in [-0.39, 0.29) is 58.7 Å². The minimum atomic E-state index is -0.881. The van der Waals surface area contributed by atoms with Crippen LogP contribution < -0.4 is 21.3 Å². The number of fused-ring (bicyclic) bond motifs is 6. The summed E-state index contributed by atoms with van der Waals surface area (Å²) in [7, 11) is 0. The van der Waals surface area contributed by atoms with Gasteiger partial charge < -0.3 is 26.2 Å². The van der Waals surface area contributed by atoms with Gasteiger partial charge in [-0.3, -0.25) is 29.0 Å². The molecule has 3 aliphatic rings. The maximum atomic E-state index is 14.1. The van der Waals surface area contributed by atoms with Crippen LogP contribution in [0.15, 0.2) is 15.8 Å². The number of rotatable bonds is 6. The second-order valence-electron chi connectivity index (χ2n) is 15.1. The Morgan fingerprint density at radius 3 is 1.98 bits per heavy atom. The Morgan fingerprint density at radius 1 is 0.788 bits per heavy atom. The number of thioether (sulfide) groups is 1. The van der Waals surface area contributed by atoms with Gasteiger partial charge >= 0.3 is 0 Å². The third-order valence-electron chi connectivity index (χ3n) is 9.86. The van der Waals surface area contributed by atoms with E-state index in [0.29, 0.717) is 46.6 Å². The summed E-state index contributed by atoms with van der Waals surface area (Å²) in [6.07, 6.45) is 2.52. The van der Waals surface area contributed by atoms with Crippen LogP contribution in [0.25, 0.3) is 0 Å². The number of hydrogen-bond acceptors (Lipinski definition) is 11. The second kappa shape index (κ2) is 17.2. The number of nitrogens with one attached hydrogen (secondary N) is 4. The van der Waals surface area contributed by atoms with Crippen molar-refractivity contribution in [2.75, 3.05) is 12.3 Å². The summed E-state index contributed by atoms with van der Waals surface area (Å²) in [4.78, 5) is 84.6. The summed E-state index contributed by atoms with van der Waals surface area (Å²) >= 11 is 4.06. The second-order valence-corrected chi connectivity index (χ2v) is 17.9. The topological polar surface area (TPSA) is 175 Å². The first kappa shape index (κ1) is 39.8. The minimum absolute atomic E-state index is 0.0107. The average Bonchev–Trinajstić information content (AvgIpc) is 3.93. The molecular formula is C36H52N8O5S3. The molecule has 284 valence electrons. The Labute approximate surface area is 318 Å². The predicted octanol–water partition coefficient (Wildman–Crippen LogP) is 4.73. The van der Waals surface area contributed by atoms with E-state index in [9.17, 15) is 24.0 Å². The van der Waals surface area contributed by atoms with Crippen molar-refractivity contribution in [1.29, 1.82) is 0 Å². The number of amides is 5. The van der Waals surface area contributed by atoms with E-state index in [1.807, 2.05) is 41.5 Å². The Bertz CT molecular complexity index is 1670. The summed E-state index contributed by atoms with van der Waals surface area (Å²) in [6, 6.07) is -3.59. The lowest BCUT2D eigenvalue weighted by atomic mass is 9.99. The summed E-state index contributed by atoms with van der Waals surface area (Å²) < 4.78 is 0. The normalized spacial score (nSPS) is 27.2. The van der Waals surface area contributed by atoms with Crippen LogP contribution in [0.2, 0.25) is 0 Å². The fraction of sp³-hybridized carbons (Fsp3) is 0.667. The van der Waals surface area contributed by atoms with Crippen molar-refractivity contribution in [2.45, 2.75) is 117 Å². The quantitative estimate of drug-likeness (QED) is 0.326. The Balaban J connectivity index is 1.52. The molecule has 16 heteroatoms. The molecule has 0 aliphatic carbocycles. The maximum Gasteiger partial charge on any atom is 0.271 e. The van der Waals surface area contributed by atoms with Crippen LogP contribution in [0.1, 0.15) is 124 Å². The minimum Gasteiger partial charge on any atom is -0.345 e. The van der Waals surface area contributed by atoms with Crippen molar-refractivity contribution in [3.8, 4) is 0 Å². The van der Waals surface area contributed by atoms with E-state index in [2.05, 4.69) is 45.1 Å². The number of aliphatic imine (C=N–C) groups is 1. The summed E-state index contributed by atoms with van der Waals surface area (Å²) in [6.45, 7) is 16.2. The van der Waals surface area contributed by atoms with E-state index >= 15 is 0 Å². The number of hydrogen-bond donors (Lipinski definition) is 4. The van der Waals surface area contributed by atoms with Crippen LogP contribution in [-0.4, -0.2) is 85.9 Å². The number of nitrogens with zero attached hydrogens (tertiary/aromatic N) is 4. The van der Waals surface area contributed by atoms with Crippen LogP contribution in [-0.2, 0) is 14.4 Å². The zero-order chi connectivity index (χ0) is 37.9. The van der Waals surface area contributed by atoms with E-state index in [1.54, 1.807) is 15.7 Å². The highest BCUT2D eigenvalue weighted by Crippen LogP contribution is 2.31. The molecule has 0 radical (unpaired) electrons. The predicted molar refractivity (Wildman–Crippen MR) is 206 cm³/mol. The molecule has 0 unspecified atom stereocenters. The highest BCUT2D eigenvalue weighted by molar-refractivity contribution is 8.14. The molecule has 52 heavy (non-hydrogen) atoms. The van der Waals surface area contributed by atoms with Gasteiger partial charge in [0.05, 0.1) is 23.2 Å². The van der Waals surface area contributed by atoms with Crippen LogP contribution in [0.4, 0.5) is 0 Å². The van der Waals surface area contributed by atoms with Crippen molar-refractivity contribution >= 4 is 69.0 Å². The number of thiazole rings is 2. The van der Waals surface area contributed by atoms with Gasteiger partial charge in [-0.25, -0.2) is 9.97 Å². The van der Waals surface area contributed by atoms with Crippen LogP contribution in [0.5, 0.6) is 0 Å². The highest BCUT2D eigenvalue weighted by atomic mass is 32.2. The molecule has 1 saturated heterocycles. The molecule has 2 aromatic heterocycles. The molecule has 6 bridgehead atoms. The Kier molecular flexibility index (Phi) is 13.2. The third-order valence-corrected chi connectivity index (χ3v) is 12.9. The molecule has 0 spiro atoms. The third kappa shape index (κ3) is 9.04. The molecule has 5 heterocycles. The summed E-state index contributed by atoms with van der Waals surface area (Å²) in [5.41, 5.74) is 0.408. The smallest absolute Gasteiger partial charge is 0.271 e. The van der Waals surface area contributed by atoms with Gasteiger partial charge in [-0.15, -0.1) is 34.4 Å². The lowest BCUT2D eigenvalue weighted by molar-refractivity contribution is -0.141. The number of carbonyl (C=O) groups excluding carboxylic acids is 5. The maximum absolute atomic E-state index is 14.1. The van der Waals surface area contributed by atoms with Crippen molar-refractivity contribution in [3.05, 3.63) is 32.2 Å². The summed E-state index contributed by atoms with van der Waals surface area (Å²) in [5.74, 6) is -1.33. The first-order chi connectivity index (χ1) is 24.7. The van der Waals surface area contributed by atoms with Gasteiger partial charge in [-0.2, -0.15) is 0 Å². The molecule has 0 saturated carbocycles. The molecule has 5 amide bonds. The number of carbonyl (C=O) groups is 5. The molecule has 1 fully saturated rings. The Morgan fingerprint density at radius 2 is 1.38 bits per heavy atom. The first-order valence-electron chi connectivity index (χ1n) is 18.3. The molecule has 2 aromatic rings. The van der Waals surface area contributed by atoms with Gasteiger partial charge in [-0.1, -0.05) is 61.8 Å². The SMILES string of the molecule is CC[C@H](C)[C@H]1NC(=O)[C@@H]2CSC(=N2)[C@H](CC(C)C)NC(=O)c2csc(n2)[C@H](C(C)C)NC(=O)[C@@H]2CCCN2C(=O)[C@H](C(C)C)NC(=O)c2csc1n2. The lowest BCUT2D eigenvalue weighted by Crippen LogP contribution is -2.55. The largest absolute Gasteiger partial charge is 0.345 e. The van der Waals surface area contributed by atoms with Crippen LogP contribution in [0, 0.1) is 23.7 Å². The van der Waals surface area contributed by atoms with Gasteiger partial charge in [0.2, 0.25) is 17.7 Å². The van der Waals surface area contributed by atoms with E-state index < -0.39 is 42.2 Å². The van der Waals surface area contributed by atoms with Gasteiger partial charge in [-0.05, 0) is 42.9 Å². The molecule has 0 aromatic carbocycles. The van der Waals surface area contributed by atoms with Gasteiger partial charge in [0.25, 0.3) is 11.8 Å².